The molecule has 0 unspecified atom stereocenters. The van der Waals surface area contributed by atoms with E-state index in [1.807, 2.05) is 0 Å². The molecule has 1 aromatic heterocycles. The Morgan fingerprint density at radius 3 is 2.90 bits per heavy atom. The summed E-state index contributed by atoms with van der Waals surface area (Å²) in [7, 11) is 0. The first-order chi connectivity index (χ1) is 9.61. The fraction of sp³-hybridized carbons (Fsp3) is 0.231. The lowest BCUT2D eigenvalue weighted by atomic mass is 10.3. The Labute approximate surface area is 135 Å². The van der Waals surface area contributed by atoms with E-state index in [2.05, 4.69) is 38.1 Å². The molecule has 0 atom stereocenters. The van der Waals surface area contributed by atoms with Crippen LogP contribution in [-0.4, -0.2) is 16.5 Å². The fourth-order valence-electron chi connectivity index (χ4n) is 1.41. The van der Waals surface area contributed by atoms with Crippen LogP contribution in [0.5, 0.6) is 11.6 Å². The van der Waals surface area contributed by atoms with Crippen LogP contribution < -0.4 is 10.1 Å². The maximum atomic E-state index is 6.09. The number of hydrogen-bond donors (Lipinski definition) is 1. The van der Waals surface area contributed by atoms with E-state index >= 15 is 0 Å². The van der Waals surface area contributed by atoms with E-state index in [9.17, 15) is 0 Å². The molecule has 7 heteroatoms. The third-order valence-corrected chi connectivity index (χ3v) is 3.71. The van der Waals surface area contributed by atoms with Crippen molar-refractivity contribution in [3.8, 4) is 11.6 Å². The molecule has 4 nitrogen and oxygen atoms in total. The van der Waals surface area contributed by atoms with E-state index in [0.717, 1.165) is 13.0 Å². The van der Waals surface area contributed by atoms with Gasteiger partial charge in [-0.25, -0.2) is 4.98 Å². The highest BCUT2D eigenvalue weighted by atomic mass is 79.9. The van der Waals surface area contributed by atoms with Crippen molar-refractivity contribution in [2.75, 3.05) is 11.9 Å². The predicted molar refractivity (Wildman–Crippen MR) is 85.0 cm³/mol. The highest BCUT2D eigenvalue weighted by Gasteiger charge is 2.11. The molecule has 2 rings (SSSR count). The summed E-state index contributed by atoms with van der Waals surface area (Å²) in [4.78, 5) is 8.43. The Hall–Kier alpha value is -1.04. The van der Waals surface area contributed by atoms with Gasteiger partial charge < -0.3 is 10.1 Å². The molecule has 0 spiro atoms. The monoisotopic (exact) mass is 375 g/mol. The first-order valence-corrected chi connectivity index (χ1v) is 7.55. The van der Waals surface area contributed by atoms with Crippen LogP contribution in [0, 0.1) is 0 Å². The van der Waals surface area contributed by atoms with Crippen molar-refractivity contribution in [3.05, 3.63) is 38.9 Å². The van der Waals surface area contributed by atoms with Gasteiger partial charge in [0.25, 0.3) is 0 Å². The number of nitrogens with one attached hydrogen (secondary N) is 1. The zero-order valence-corrected chi connectivity index (χ0v) is 13.8. The van der Waals surface area contributed by atoms with Gasteiger partial charge in [-0.15, -0.1) is 0 Å². The molecule has 2 aromatic rings. The topological polar surface area (TPSA) is 47.0 Å². The van der Waals surface area contributed by atoms with Crippen molar-refractivity contribution in [2.24, 2.45) is 0 Å². The lowest BCUT2D eigenvalue weighted by molar-refractivity contribution is 0.459. The fourth-order valence-corrected chi connectivity index (χ4v) is 2.01. The lowest BCUT2D eigenvalue weighted by Crippen LogP contribution is -2.05. The Morgan fingerprint density at radius 1 is 1.35 bits per heavy atom. The number of hydrogen-bond acceptors (Lipinski definition) is 4. The maximum absolute atomic E-state index is 6.09. The molecule has 0 saturated carbocycles. The van der Waals surface area contributed by atoms with E-state index in [1.165, 1.54) is 0 Å². The number of rotatable bonds is 5. The van der Waals surface area contributed by atoms with Gasteiger partial charge in [0.2, 0.25) is 11.8 Å². The number of aromatic nitrogens is 2. The molecule has 0 amide bonds. The number of ether oxygens (including phenoxy) is 1. The average Bonchev–Trinajstić information content (AvgIpc) is 2.44. The van der Waals surface area contributed by atoms with E-state index in [-0.39, 0.29) is 0 Å². The van der Waals surface area contributed by atoms with Crippen LogP contribution in [0.25, 0.3) is 0 Å². The molecule has 1 N–H and O–H groups in total. The van der Waals surface area contributed by atoms with E-state index in [0.29, 0.717) is 32.1 Å². The van der Waals surface area contributed by atoms with Gasteiger partial charge in [0.1, 0.15) is 10.8 Å². The quantitative estimate of drug-likeness (QED) is 0.782. The zero-order valence-electron chi connectivity index (χ0n) is 10.7. The number of nitrogens with zero attached hydrogens (tertiary/aromatic N) is 2. The second kappa shape index (κ2) is 7.11. The van der Waals surface area contributed by atoms with Gasteiger partial charge in [-0.3, -0.25) is 0 Å². The molecule has 0 aliphatic carbocycles. The number of anilines is 1. The number of halogens is 3. The first-order valence-electron chi connectivity index (χ1n) is 6.00. The molecular formula is C13H12BrCl2N3O. The molecule has 0 radical (unpaired) electrons. The van der Waals surface area contributed by atoms with Crippen LogP contribution in [0.4, 0.5) is 5.95 Å². The van der Waals surface area contributed by atoms with Crippen LogP contribution in [0.2, 0.25) is 10.0 Å². The molecule has 106 valence electrons. The van der Waals surface area contributed by atoms with Crippen LogP contribution in [0.3, 0.4) is 0 Å². The molecule has 1 heterocycles. The van der Waals surface area contributed by atoms with Crippen molar-refractivity contribution in [2.45, 2.75) is 13.3 Å². The first kappa shape index (κ1) is 15.4. The Balaban J connectivity index is 2.26. The predicted octanol–water partition coefficient (Wildman–Crippen LogP) is 5.16. The normalized spacial score (nSPS) is 10.4. The highest BCUT2D eigenvalue weighted by Crippen LogP contribution is 2.36. The van der Waals surface area contributed by atoms with Crippen molar-refractivity contribution >= 4 is 45.1 Å². The van der Waals surface area contributed by atoms with Crippen molar-refractivity contribution in [1.29, 1.82) is 0 Å². The summed E-state index contributed by atoms with van der Waals surface area (Å²) in [6.07, 6.45) is 2.61. The summed E-state index contributed by atoms with van der Waals surface area (Å²) >= 11 is 15.4. The van der Waals surface area contributed by atoms with Crippen molar-refractivity contribution in [3.63, 3.8) is 0 Å². The Kier molecular flexibility index (Phi) is 5.46. The van der Waals surface area contributed by atoms with Gasteiger partial charge in [-0.05, 0) is 34.5 Å². The molecular weight excluding hydrogens is 365 g/mol. The van der Waals surface area contributed by atoms with Gasteiger partial charge in [0.05, 0.1) is 15.7 Å². The van der Waals surface area contributed by atoms with Crippen molar-refractivity contribution in [1.82, 2.24) is 9.97 Å². The summed E-state index contributed by atoms with van der Waals surface area (Å²) in [5, 5.41) is 3.87. The van der Waals surface area contributed by atoms with E-state index < -0.39 is 0 Å². The summed E-state index contributed by atoms with van der Waals surface area (Å²) < 4.78 is 6.32. The summed E-state index contributed by atoms with van der Waals surface area (Å²) in [6, 6.07) is 5.18. The molecule has 20 heavy (non-hydrogen) atoms. The van der Waals surface area contributed by atoms with Gasteiger partial charge in [-0.1, -0.05) is 36.2 Å². The summed E-state index contributed by atoms with van der Waals surface area (Å²) in [6.45, 7) is 2.86. The molecule has 0 aliphatic heterocycles. The lowest BCUT2D eigenvalue weighted by Gasteiger charge is -2.10. The van der Waals surface area contributed by atoms with E-state index in [1.54, 1.807) is 24.4 Å². The molecule has 0 saturated heterocycles. The standard InChI is InChI=1S/C13H12BrCl2N3O/c1-2-6-17-13-18-7-8(14)12(19-13)20-10-5-3-4-9(15)11(10)16/h3-5,7H,2,6H2,1H3,(H,17,18,19). The Bertz CT molecular complexity index is 610. The zero-order chi connectivity index (χ0) is 14.5. The molecule has 0 fully saturated rings. The smallest absolute Gasteiger partial charge is 0.238 e. The van der Waals surface area contributed by atoms with Crippen LogP contribution in [-0.2, 0) is 0 Å². The molecule has 0 aliphatic rings. The Morgan fingerprint density at radius 2 is 2.15 bits per heavy atom. The number of benzene rings is 1. The maximum Gasteiger partial charge on any atom is 0.238 e. The minimum Gasteiger partial charge on any atom is -0.436 e. The second-order valence-corrected chi connectivity index (χ2v) is 5.57. The van der Waals surface area contributed by atoms with Crippen molar-refractivity contribution < 1.29 is 4.74 Å². The summed E-state index contributed by atoms with van der Waals surface area (Å²) in [5.41, 5.74) is 0. The highest BCUT2D eigenvalue weighted by molar-refractivity contribution is 9.10. The SMILES string of the molecule is CCCNc1ncc(Br)c(Oc2cccc(Cl)c2Cl)n1. The minimum atomic E-state index is 0.350. The molecule has 1 aromatic carbocycles. The molecule has 0 bridgehead atoms. The van der Waals surface area contributed by atoms with Crippen LogP contribution in [0.1, 0.15) is 13.3 Å². The van der Waals surface area contributed by atoms with Crippen LogP contribution >= 0.6 is 39.1 Å². The third kappa shape index (κ3) is 3.75. The van der Waals surface area contributed by atoms with Gasteiger partial charge >= 0.3 is 0 Å². The summed E-state index contributed by atoms with van der Waals surface area (Å²) in [5.74, 6) is 1.32. The van der Waals surface area contributed by atoms with Gasteiger partial charge in [0, 0.05) is 6.54 Å². The van der Waals surface area contributed by atoms with Crippen LogP contribution in [0.15, 0.2) is 28.9 Å². The minimum absolute atomic E-state index is 0.350. The largest absolute Gasteiger partial charge is 0.436 e. The second-order valence-electron chi connectivity index (χ2n) is 3.93. The van der Waals surface area contributed by atoms with E-state index in [4.69, 9.17) is 27.9 Å². The van der Waals surface area contributed by atoms with Gasteiger partial charge in [0.15, 0.2) is 0 Å². The third-order valence-electron chi connectivity index (χ3n) is 2.37. The van der Waals surface area contributed by atoms with Gasteiger partial charge in [-0.2, -0.15) is 4.98 Å². The average molecular weight is 377 g/mol.